The third kappa shape index (κ3) is 2.36. The van der Waals surface area contributed by atoms with Gasteiger partial charge in [-0.05, 0) is 18.6 Å². The van der Waals surface area contributed by atoms with Crippen molar-refractivity contribution in [1.82, 2.24) is 15.2 Å². The average molecular weight is 316 g/mol. The topological polar surface area (TPSA) is 77.1 Å². The highest BCUT2D eigenvalue weighted by molar-refractivity contribution is 6.02. The summed E-state index contributed by atoms with van der Waals surface area (Å²) in [6.45, 7) is 1.97. The monoisotopic (exact) mass is 316 g/mol. The minimum atomic E-state index is 0.105. The van der Waals surface area contributed by atoms with Crippen LogP contribution in [0.5, 0.6) is 5.88 Å². The molecule has 118 valence electrons. The number of aliphatic imine (C=N–C) groups is 1. The van der Waals surface area contributed by atoms with E-state index in [4.69, 9.17) is 0 Å². The average Bonchev–Trinajstić information content (AvgIpc) is 3.13. The van der Waals surface area contributed by atoms with Crippen molar-refractivity contribution >= 4 is 22.9 Å². The van der Waals surface area contributed by atoms with Crippen molar-refractivity contribution in [2.45, 2.75) is 6.92 Å². The summed E-state index contributed by atoms with van der Waals surface area (Å²) in [7, 11) is 0. The Morgan fingerprint density at radius 3 is 2.62 bits per heavy atom. The number of aromatic amines is 2. The molecule has 0 unspecified atom stereocenters. The van der Waals surface area contributed by atoms with Crippen molar-refractivity contribution in [3.8, 4) is 17.0 Å². The molecule has 4 rings (SSSR count). The van der Waals surface area contributed by atoms with Gasteiger partial charge in [0, 0.05) is 28.4 Å². The van der Waals surface area contributed by atoms with Gasteiger partial charge in [0.1, 0.15) is 0 Å². The summed E-state index contributed by atoms with van der Waals surface area (Å²) in [5.74, 6) is 0.705. The van der Waals surface area contributed by atoms with Crippen LogP contribution < -0.4 is 0 Å². The van der Waals surface area contributed by atoms with Gasteiger partial charge in [0.25, 0.3) is 0 Å². The lowest BCUT2D eigenvalue weighted by molar-refractivity contribution is 0.457. The zero-order chi connectivity index (χ0) is 16.5. The number of aromatic hydroxyl groups is 1. The number of aryl methyl sites for hydroxylation is 1. The molecule has 4 aromatic rings. The predicted octanol–water partition coefficient (Wildman–Crippen LogP) is 4.32. The van der Waals surface area contributed by atoms with Gasteiger partial charge in [-0.2, -0.15) is 5.10 Å². The molecule has 0 atom stereocenters. The normalized spacial score (nSPS) is 11.5. The second-order valence-electron chi connectivity index (χ2n) is 5.60. The molecule has 5 nitrogen and oxygen atoms in total. The zero-order valence-electron chi connectivity index (χ0n) is 13.1. The van der Waals surface area contributed by atoms with E-state index in [1.54, 1.807) is 6.21 Å². The van der Waals surface area contributed by atoms with Crippen LogP contribution >= 0.6 is 0 Å². The van der Waals surface area contributed by atoms with E-state index in [1.807, 2.05) is 61.5 Å². The smallest absolute Gasteiger partial charge is 0.198 e. The summed E-state index contributed by atoms with van der Waals surface area (Å²) >= 11 is 0. The van der Waals surface area contributed by atoms with E-state index in [1.165, 1.54) is 0 Å². The number of nitrogens with zero attached hydrogens (tertiary/aromatic N) is 2. The fourth-order valence-electron chi connectivity index (χ4n) is 2.87. The maximum absolute atomic E-state index is 10.1. The molecule has 0 amide bonds. The number of nitrogens with one attached hydrogen (secondary N) is 2. The molecule has 0 saturated carbocycles. The molecule has 0 bridgehead atoms. The summed E-state index contributed by atoms with van der Waals surface area (Å²) in [6.07, 6.45) is 1.65. The summed E-state index contributed by atoms with van der Waals surface area (Å²) in [4.78, 5) is 7.46. The number of H-pyrrole nitrogens is 2. The highest BCUT2D eigenvalue weighted by Gasteiger charge is 2.12. The Bertz CT molecular complexity index is 1030. The molecule has 0 fully saturated rings. The van der Waals surface area contributed by atoms with E-state index in [2.05, 4.69) is 20.2 Å². The fourth-order valence-corrected chi connectivity index (χ4v) is 2.87. The first-order valence-corrected chi connectivity index (χ1v) is 7.68. The van der Waals surface area contributed by atoms with Crippen molar-refractivity contribution < 1.29 is 5.11 Å². The molecule has 2 aromatic carbocycles. The van der Waals surface area contributed by atoms with E-state index in [0.29, 0.717) is 11.4 Å². The molecule has 3 N–H and O–H groups in total. The van der Waals surface area contributed by atoms with Gasteiger partial charge in [-0.25, -0.2) is 4.99 Å². The molecule has 0 aliphatic rings. The van der Waals surface area contributed by atoms with Crippen LogP contribution in [-0.2, 0) is 0 Å². The fraction of sp³-hybridized carbons (Fsp3) is 0.0526. The number of aromatic nitrogens is 3. The molecule has 0 radical (unpaired) electrons. The second-order valence-corrected chi connectivity index (χ2v) is 5.60. The first-order chi connectivity index (χ1) is 11.7. The van der Waals surface area contributed by atoms with Crippen molar-refractivity contribution in [1.29, 1.82) is 0 Å². The minimum Gasteiger partial charge on any atom is -0.494 e. The van der Waals surface area contributed by atoms with Crippen LogP contribution in [0.4, 0.5) is 5.82 Å². The number of benzene rings is 2. The van der Waals surface area contributed by atoms with Gasteiger partial charge in [-0.3, -0.25) is 5.10 Å². The van der Waals surface area contributed by atoms with Gasteiger partial charge in [-0.15, -0.1) is 0 Å². The third-order valence-corrected chi connectivity index (χ3v) is 4.03. The van der Waals surface area contributed by atoms with Gasteiger partial charge in [0.15, 0.2) is 11.7 Å². The Hall–Kier alpha value is -3.34. The Balaban J connectivity index is 1.79. The van der Waals surface area contributed by atoms with Gasteiger partial charge < -0.3 is 10.1 Å². The summed E-state index contributed by atoms with van der Waals surface area (Å²) in [6, 6.07) is 17.7. The number of hydrogen-bond donors (Lipinski definition) is 3. The maximum Gasteiger partial charge on any atom is 0.198 e. The first kappa shape index (κ1) is 14.3. The molecule has 0 aliphatic carbocycles. The highest BCUT2D eigenvalue weighted by atomic mass is 16.3. The Morgan fingerprint density at radius 2 is 1.79 bits per heavy atom. The van der Waals surface area contributed by atoms with E-state index in [-0.39, 0.29) is 5.88 Å². The van der Waals surface area contributed by atoms with Crippen molar-refractivity contribution in [2.75, 3.05) is 0 Å². The predicted molar refractivity (Wildman–Crippen MR) is 96.0 cm³/mol. The van der Waals surface area contributed by atoms with Crippen LogP contribution in [0, 0.1) is 6.92 Å². The van der Waals surface area contributed by atoms with Crippen molar-refractivity contribution in [3.05, 3.63) is 65.9 Å². The molecule has 24 heavy (non-hydrogen) atoms. The molecule has 5 heteroatoms. The van der Waals surface area contributed by atoms with E-state index in [0.717, 1.165) is 27.7 Å². The third-order valence-electron chi connectivity index (χ3n) is 4.03. The Labute approximate surface area is 138 Å². The lowest BCUT2D eigenvalue weighted by atomic mass is 10.1. The number of para-hydroxylation sites is 1. The molecular weight excluding hydrogens is 300 g/mol. The standard InChI is InChI=1S/C19H16N4O/c1-12-17(13-7-3-2-4-8-13)18(23-22-12)20-11-15-14-9-5-6-10-16(14)21-19(15)24/h2-11,21,24H,1H3,(H,22,23). The van der Waals surface area contributed by atoms with E-state index >= 15 is 0 Å². The van der Waals surface area contributed by atoms with Crippen LogP contribution in [0.1, 0.15) is 11.3 Å². The van der Waals surface area contributed by atoms with E-state index in [9.17, 15) is 5.11 Å². The molecule has 0 aliphatic heterocycles. The SMILES string of the molecule is Cc1[nH]nc(N=Cc2c(O)[nH]c3ccccc23)c1-c1ccccc1. The van der Waals surface area contributed by atoms with Crippen LogP contribution in [0.25, 0.3) is 22.0 Å². The second kappa shape index (κ2) is 5.70. The minimum absolute atomic E-state index is 0.105. The largest absolute Gasteiger partial charge is 0.494 e. The van der Waals surface area contributed by atoms with E-state index < -0.39 is 0 Å². The number of fused-ring (bicyclic) bond motifs is 1. The number of hydrogen-bond acceptors (Lipinski definition) is 3. The molecule has 0 spiro atoms. The molecule has 2 heterocycles. The number of rotatable bonds is 3. The van der Waals surface area contributed by atoms with Gasteiger partial charge in [0.2, 0.25) is 0 Å². The summed E-state index contributed by atoms with van der Waals surface area (Å²) in [5, 5.41) is 18.3. The van der Waals surface area contributed by atoms with Crippen molar-refractivity contribution in [2.24, 2.45) is 4.99 Å². The van der Waals surface area contributed by atoms with Gasteiger partial charge in [0.05, 0.1) is 5.56 Å². The Morgan fingerprint density at radius 1 is 1.04 bits per heavy atom. The quantitative estimate of drug-likeness (QED) is 0.492. The van der Waals surface area contributed by atoms with Gasteiger partial charge >= 0.3 is 0 Å². The van der Waals surface area contributed by atoms with Crippen LogP contribution in [0.2, 0.25) is 0 Å². The first-order valence-electron chi connectivity index (χ1n) is 7.68. The maximum atomic E-state index is 10.1. The lowest BCUT2D eigenvalue weighted by Crippen LogP contribution is -1.81. The van der Waals surface area contributed by atoms with Gasteiger partial charge in [-0.1, -0.05) is 48.5 Å². The van der Waals surface area contributed by atoms with Crippen LogP contribution in [0.15, 0.2) is 59.6 Å². The summed E-state index contributed by atoms with van der Waals surface area (Å²) < 4.78 is 0. The Kier molecular flexibility index (Phi) is 3.39. The van der Waals surface area contributed by atoms with Crippen molar-refractivity contribution in [3.63, 3.8) is 0 Å². The highest BCUT2D eigenvalue weighted by Crippen LogP contribution is 2.32. The van der Waals surface area contributed by atoms with Crippen LogP contribution in [-0.4, -0.2) is 26.5 Å². The zero-order valence-corrected chi connectivity index (χ0v) is 13.1. The van der Waals surface area contributed by atoms with Crippen LogP contribution in [0.3, 0.4) is 0 Å². The molecular formula is C19H16N4O. The lowest BCUT2D eigenvalue weighted by Gasteiger charge is -2.00. The summed E-state index contributed by atoms with van der Waals surface area (Å²) in [5.41, 5.74) is 4.50. The molecule has 0 saturated heterocycles. The molecule has 2 aromatic heterocycles.